The van der Waals surface area contributed by atoms with Gasteiger partial charge in [-0.1, -0.05) is 330 Å². The Morgan fingerprint density at radius 3 is 0.731 bits per heavy atom. The molecule has 0 radical (unpaired) electrons. The molecule has 0 bridgehead atoms. The van der Waals surface area contributed by atoms with Crippen molar-refractivity contribution in [1.29, 1.82) is 0 Å². The highest BCUT2D eigenvalue weighted by Gasteiger charge is 2.30. The van der Waals surface area contributed by atoms with Gasteiger partial charge >= 0.3 is 39.5 Å². The highest BCUT2D eigenvalue weighted by molar-refractivity contribution is 7.47. The van der Waals surface area contributed by atoms with Gasteiger partial charge in [0.2, 0.25) is 0 Å². The van der Waals surface area contributed by atoms with Gasteiger partial charge in [0.15, 0.2) is 12.2 Å². The minimum absolute atomic E-state index is 0.107. The molecule has 0 saturated heterocycles. The van der Waals surface area contributed by atoms with Crippen molar-refractivity contribution in [2.24, 2.45) is 11.8 Å². The van der Waals surface area contributed by atoms with Crippen molar-refractivity contribution in [3.8, 4) is 0 Å². The minimum atomic E-state index is -4.96. The molecule has 3 N–H and O–H groups in total. The van der Waals surface area contributed by atoms with Gasteiger partial charge in [-0.15, -0.1) is 0 Å². The number of phosphoric acid groups is 2. The minimum Gasteiger partial charge on any atom is -0.462 e. The first-order chi connectivity index (χ1) is 44.9. The van der Waals surface area contributed by atoms with Gasteiger partial charge in [0.05, 0.1) is 26.4 Å². The van der Waals surface area contributed by atoms with Gasteiger partial charge in [-0.2, -0.15) is 0 Å². The highest BCUT2D eigenvalue weighted by Crippen LogP contribution is 2.45. The highest BCUT2D eigenvalue weighted by atomic mass is 31.2. The molecule has 0 heterocycles. The molecule has 17 nitrogen and oxygen atoms in total. The van der Waals surface area contributed by atoms with Crippen molar-refractivity contribution < 1.29 is 80.2 Å². The second kappa shape index (κ2) is 66.0. The maximum atomic E-state index is 13.1. The summed E-state index contributed by atoms with van der Waals surface area (Å²) in [6, 6.07) is 0. The Kier molecular flexibility index (Phi) is 64.6. The predicted octanol–water partition coefficient (Wildman–Crippen LogP) is 21.6. The van der Waals surface area contributed by atoms with Gasteiger partial charge in [-0.05, 0) is 37.5 Å². The molecular formula is C74H144O17P2. The van der Waals surface area contributed by atoms with Crippen LogP contribution < -0.4 is 0 Å². The van der Waals surface area contributed by atoms with Crippen LogP contribution in [0.15, 0.2) is 0 Å². The van der Waals surface area contributed by atoms with Crippen molar-refractivity contribution >= 4 is 39.5 Å². The topological polar surface area (TPSA) is 237 Å². The Morgan fingerprint density at radius 1 is 0.290 bits per heavy atom. The standard InChI is InChI=1S/C74H144O17P2/c1-7-9-11-13-15-17-19-20-27-34-40-46-52-58-73(78)90-69(62-84-71(76)56-50-44-38-32-24-18-16-14-12-10-8-2)64-88-92(80,81)86-60-68(75)61-87-93(82,83)89-65-70(63-85-72(77)57-51-45-39-33-29-23-26-31-37-43-49-55-67(5)6)91-74(79)59-53-47-41-35-28-22-21-25-30-36-42-48-54-66(3)4/h66-70,75H,7-65H2,1-6H3,(H,80,81)(H,82,83)/t68-,69+,70+/m0/s1. The molecule has 0 aromatic rings. The molecule has 19 heteroatoms. The van der Waals surface area contributed by atoms with Crippen LogP contribution in [-0.4, -0.2) is 96.7 Å². The van der Waals surface area contributed by atoms with E-state index in [4.69, 9.17) is 37.0 Å². The number of carbonyl (C=O) groups is 4. The maximum Gasteiger partial charge on any atom is 0.472 e. The van der Waals surface area contributed by atoms with E-state index in [-0.39, 0.29) is 25.7 Å². The number of carbonyl (C=O) groups excluding carboxylic acids is 4. The lowest BCUT2D eigenvalue weighted by Crippen LogP contribution is -2.30. The first kappa shape index (κ1) is 91.1. The summed E-state index contributed by atoms with van der Waals surface area (Å²) in [4.78, 5) is 72.7. The Hall–Kier alpha value is -1.94. The van der Waals surface area contributed by atoms with Crippen molar-refractivity contribution in [3.05, 3.63) is 0 Å². The molecule has 0 amide bonds. The zero-order valence-electron chi connectivity index (χ0n) is 60.6. The lowest BCUT2D eigenvalue weighted by Gasteiger charge is -2.21. The second-order valence-electron chi connectivity index (χ2n) is 27.6. The molecule has 0 fully saturated rings. The summed E-state index contributed by atoms with van der Waals surface area (Å²) in [7, 11) is -9.91. The summed E-state index contributed by atoms with van der Waals surface area (Å²) in [5.74, 6) is -0.568. The number of hydrogen-bond donors (Lipinski definition) is 3. The van der Waals surface area contributed by atoms with Gasteiger partial charge in [0.1, 0.15) is 19.3 Å². The van der Waals surface area contributed by atoms with Crippen LogP contribution in [0.1, 0.15) is 382 Å². The molecule has 5 atom stereocenters. The van der Waals surface area contributed by atoms with Crippen LogP contribution in [0.3, 0.4) is 0 Å². The predicted molar refractivity (Wildman–Crippen MR) is 377 cm³/mol. The zero-order valence-corrected chi connectivity index (χ0v) is 62.3. The van der Waals surface area contributed by atoms with E-state index in [0.29, 0.717) is 25.7 Å². The summed E-state index contributed by atoms with van der Waals surface area (Å²) in [5.41, 5.74) is 0. The molecule has 0 aliphatic rings. The number of rotatable bonds is 73. The summed E-state index contributed by atoms with van der Waals surface area (Å²) in [5, 5.41) is 10.6. The van der Waals surface area contributed by atoms with Crippen molar-refractivity contribution in [2.45, 2.75) is 400 Å². The molecule has 0 aliphatic carbocycles. The van der Waals surface area contributed by atoms with E-state index >= 15 is 0 Å². The number of aliphatic hydroxyl groups is 1. The third kappa shape index (κ3) is 68.4. The Bertz CT molecular complexity index is 1800. The van der Waals surface area contributed by atoms with Crippen LogP contribution in [0.5, 0.6) is 0 Å². The normalized spacial score (nSPS) is 14.1. The lowest BCUT2D eigenvalue weighted by molar-refractivity contribution is -0.161. The Balaban J connectivity index is 5.26. The molecule has 0 spiro atoms. The number of ether oxygens (including phenoxy) is 4. The molecule has 0 aliphatic heterocycles. The van der Waals surface area contributed by atoms with E-state index in [1.165, 1.54) is 199 Å². The second-order valence-corrected chi connectivity index (χ2v) is 30.5. The van der Waals surface area contributed by atoms with Crippen molar-refractivity contribution in [3.63, 3.8) is 0 Å². The van der Waals surface area contributed by atoms with Gasteiger partial charge in [0, 0.05) is 25.7 Å². The maximum absolute atomic E-state index is 13.1. The van der Waals surface area contributed by atoms with Gasteiger partial charge in [-0.3, -0.25) is 37.3 Å². The summed E-state index contributed by atoms with van der Waals surface area (Å²) in [6.45, 7) is 9.60. The van der Waals surface area contributed by atoms with Crippen LogP contribution in [0.25, 0.3) is 0 Å². The van der Waals surface area contributed by atoms with Crippen LogP contribution in [-0.2, 0) is 65.4 Å². The number of aliphatic hydroxyl groups excluding tert-OH is 1. The van der Waals surface area contributed by atoms with Crippen LogP contribution in [0.2, 0.25) is 0 Å². The fourth-order valence-electron chi connectivity index (χ4n) is 11.3. The fourth-order valence-corrected chi connectivity index (χ4v) is 12.9. The average molecular weight is 1370 g/mol. The molecule has 552 valence electrons. The first-order valence-electron chi connectivity index (χ1n) is 38.5. The van der Waals surface area contributed by atoms with E-state index < -0.39 is 97.5 Å². The summed E-state index contributed by atoms with van der Waals surface area (Å²) < 4.78 is 68.5. The first-order valence-corrected chi connectivity index (χ1v) is 41.5. The summed E-state index contributed by atoms with van der Waals surface area (Å²) in [6.07, 6.45) is 52.5. The van der Waals surface area contributed by atoms with Crippen LogP contribution >= 0.6 is 15.6 Å². The number of unbranched alkanes of at least 4 members (excludes halogenated alkanes) is 43. The van der Waals surface area contributed by atoms with Gasteiger partial charge in [-0.25, -0.2) is 9.13 Å². The third-order valence-corrected chi connectivity index (χ3v) is 19.1. The van der Waals surface area contributed by atoms with Crippen LogP contribution in [0, 0.1) is 11.8 Å². The van der Waals surface area contributed by atoms with E-state index in [2.05, 4.69) is 41.5 Å². The van der Waals surface area contributed by atoms with Crippen molar-refractivity contribution in [1.82, 2.24) is 0 Å². The summed E-state index contributed by atoms with van der Waals surface area (Å²) >= 11 is 0. The largest absolute Gasteiger partial charge is 0.472 e. The molecular weight excluding hydrogens is 1220 g/mol. The number of phosphoric ester groups is 2. The molecule has 0 aromatic heterocycles. The lowest BCUT2D eigenvalue weighted by atomic mass is 10.0. The van der Waals surface area contributed by atoms with E-state index in [1.54, 1.807) is 0 Å². The van der Waals surface area contributed by atoms with E-state index in [9.17, 15) is 43.2 Å². The van der Waals surface area contributed by atoms with E-state index in [0.717, 1.165) is 102 Å². The number of hydrogen-bond acceptors (Lipinski definition) is 15. The van der Waals surface area contributed by atoms with Crippen LogP contribution in [0.4, 0.5) is 0 Å². The quantitative estimate of drug-likeness (QED) is 0.0222. The molecule has 0 rings (SSSR count). The average Bonchev–Trinajstić information content (AvgIpc) is 1.70. The van der Waals surface area contributed by atoms with Gasteiger partial charge < -0.3 is 33.8 Å². The smallest absolute Gasteiger partial charge is 0.462 e. The Morgan fingerprint density at radius 2 is 0.495 bits per heavy atom. The Labute approximate surface area is 568 Å². The van der Waals surface area contributed by atoms with Crippen molar-refractivity contribution in [2.75, 3.05) is 39.6 Å². The molecule has 2 unspecified atom stereocenters. The molecule has 0 aromatic carbocycles. The molecule has 0 saturated carbocycles. The zero-order chi connectivity index (χ0) is 68.6. The fraction of sp³-hybridized carbons (Fsp3) is 0.946. The monoisotopic (exact) mass is 1370 g/mol. The van der Waals surface area contributed by atoms with Gasteiger partial charge in [0.25, 0.3) is 0 Å². The number of esters is 4. The third-order valence-electron chi connectivity index (χ3n) is 17.2. The van der Waals surface area contributed by atoms with E-state index in [1.807, 2.05) is 0 Å². The molecule has 93 heavy (non-hydrogen) atoms. The SMILES string of the molecule is CCCCCCCCCCCCCCCC(=O)O[C@H](COC(=O)CCCCCCCCCCCCC)COP(=O)(O)OC[C@H](O)COP(=O)(O)OC[C@@H](COC(=O)CCCCCCCCCCCCCC(C)C)OC(=O)CCCCCCCCCCCCCCC(C)C.